The first kappa shape index (κ1) is 22.2. The van der Waals surface area contributed by atoms with Gasteiger partial charge >= 0.3 is 0 Å². The van der Waals surface area contributed by atoms with Gasteiger partial charge in [0.05, 0.1) is 5.75 Å². The maximum atomic E-state index is 13.0. The molecule has 1 aromatic carbocycles. The Bertz CT molecular complexity index is 1130. The SMILES string of the molecule is C=CCn1c(SCC(=O)c2cc(C)n(CCC)c2C)nnc1[C@@H]1COc2ccccc2O1. The predicted molar refractivity (Wildman–Crippen MR) is 125 cm³/mol. The minimum absolute atomic E-state index is 0.0892. The van der Waals surface area contributed by atoms with Crippen molar-refractivity contribution in [1.82, 2.24) is 19.3 Å². The second kappa shape index (κ2) is 9.65. The number of allylic oxidation sites excluding steroid dienone is 1. The quantitative estimate of drug-likeness (QED) is 0.264. The molecule has 32 heavy (non-hydrogen) atoms. The molecular weight excluding hydrogens is 424 g/mol. The third-order valence-electron chi connectivity index (χ3n) is 5.51. The number of benzene rings is 1. The van der Waals surface area contributed by atoms with Gasteiger partial charge in [-0.1, -0.05) is 36.9 Å². The van der Waals surface area contributed by atoms with Crippen LogP contribution in [0.15, 0.2) is 48.1 Å². The van der Waals surface area contributed by atoms with Crippen molar-refractivity contribution in [3.63, 3.8) is 0 Å². The lowest BCUT2D eigenvalue weighted by Gasteiger charge is -2.26. The van der Waals surface area contributed by atoms with E-state index in [1.165, 1.54) is 11.8 Å². The van der Waals surface area contributed by atoms with E-state index in [-0.39, 0.29) is 17.6 Å². The number of nitrogens with zero attached hydrogens (tertiary/aromatic N) is 4. The second-order valence-corrected chi connectivity index (χ2v) is 8.70. The number of hydrogen-bond acceptors (Lipinski definition) is 6. The van der Waals surface area contributed by atoms with E-state index in [1.807, 2.05) is 48.7 Å². The fourth-order valence-electron chi connectivity index (χ4n) is 3.95. The van der Waals surface area contributed by atoms with E-state index in [4.69, 9.17) is 9.47 Å². The topological polar surface area (TPSA) is 71.2 Å². The average molecular weight is 453 g/mol. The zero-order chi connectivity index (χ0) is 22.7. The fraction of sp³-hybridized carbons (Fsp3) is 0.375. The molecule has 1 aliphatic heterocycles. The van der Waals surface area contributed by atoms with Crippen molar-refractivity contribution in [3.05, 3.63) is 65.8 Å². The number of ketones is 1. The normalized spacial score (nSPS) is 15.0. The number of carbonyl (C=O) groups excluding carboxylic acids is 1. The molecule has 0 bridgehead atoms. The molecule has 2 aromatic heterocycles. The van der Waals surface area contributed by atoms with Crippen molar-refractivity contribution in [3.8, 4) is 11.5 Å². The summed E-state index contributed by atoms with van der Waals surface area (Å²) in [6.07, 6.45) is 2.44. The van der Waals surface area contributed by atoms with Gasteiger partial charge in [-0.25, -0.2) is 0 Å². The van der Waals surface area contributed by atoms with Gasteiger partial charge in [0.1, 0.15) is 6.61 Å². The summed E-state index contributed by atoms with van der Waals surface area (Å²) in [6, 6.07) is 9.55. The molecule has 0 fully saturated rings. The van der Waals surface area contributed by atoms with Gasteiger partial charge in [0.15, 0.2) is 34.4 Å². The summed E-state index contributed by atoms with van der Waals surface area (Å²) in [5.74, 6) is 2.45. The van der Waals surface area contributed by atoms with Gasteiger partial charge in [-0.2, -0.15) is 0 Å². The van der Waals surface area contributed by atoms with E-state index in [9.17, 15) is 4.79 Å². The molecule has 3 heterocycles. The molecule has 168 valence electrons. The predicted octanol–water partition coefficient (Wildman–Crippen LogP) is 4.78. The van der Waals surface area contributed by atoms with E-state index in [0.29, 0.717) is 29.9 Å². The summed E-state index contributed by atoms with van der Waals surface area (Å²) in [7, 11) is 0. The van der Waals surface area contributed by atoms with Crippen molar-refractivity contribution < 1.29 is 14.3 Å². The molecule has 0 saturated carbocycles. The molecule has 4 rings (SSSR count). The lowest BCUT2D eigenvalue weighted by atomic mass is 10.2. The van der Waals surface area contributed by atoms with Crippen molar-refractivity contribution in [2.45, 2.75) is 51.5 Å². The van der Waals surface area contributed by atoms with Crippen molar-refractivity contribution >= 4 is 17.5 Å². The lowest BCUT2D eigenvalue weighted by Crippen LogP contribution is -2.25. The van der Waals surface area contributed by atoms with Crippen LogP contribution in [0.25, 0.3) is 0 Å². The highest BCUT2D eigenvalue weighted by atomic mass is 32.2. The molecular formula is C24H28N4O3S. The summed E-state index contributed by atoms with van der Waals surface area (Å²) in [5.41, 5.74) is 2.92. The zero-order valence-electron chi connectivity index (χ0n) is 18.7. The molecule has 0 amide bonds. The zero-order valence-corrected chi connectivity index (χ0v) is 19.5. The summed E-state index contributed by atoms with van der Waals surface area (Å²) in [5, 5.41) is 9.37. The van der Waals surface area contributed by atoms with Crippen LogP contribution in [0, 0.1) is 13.8 Å². The van der Waals surface area contributed by atoms with Gasteiger partial charge in [0.2, 0.25) is 0 Å². The molecule has 0 radical (unpaired) electrons. The highest BCUT2D eigenvalue weighted by Crippen LogP contribution is 2.36. The Kier molecular flexibility index (Phi) is 6.69. The smallest absolute Gasteiger partial charge is 0.192 e. The van der Waals surface area contributed by atoms with Crippen molar-refractivity contribution in [2.24, 2.45) is 0 Å². The molecule has 0 unspecified atom stereocenters. The highest BCUT2D eigenvalue weighted by Gasteiger charge is 2.28. The molecule has 7 nitrogen and oxygen atoms in total. The van der Waals surface area contributed by atoms with E-state index in [2.05, 4.69) is 28.3 Å². The third kappa shape index (κ3) is 4.32. The maximum absolute atomic E-state index is 13.0. The van der Waals surface area contributed by atoms with Crippen molar-refractivity contribution in [2.75, 3.05) is 12.4 Å². The Labute approximate surface area is 192 Å². The molecule has 0 saturated heterocycles. The minimum Gasteiger partial charge on any atom is -0.485 e. The summed E-state index contributed by atoms with van der Waals surface area (Å²) < 4.78 is 16.1. The summed E-state index contributed by atoms with van der Waals surface area (Å²) >= 11 is 1.38. The van der Waals surface area contributed by atoms with E-state index >= 15 is 0 Å². The number of carbonyl (C=O) groups is 1. The number of para-hydroxylation sites is 2. The fourth-order valence-corrected chi connectivity index (χ4v) is 4.79. The van der Waals surface area contributed by atoms with Gasteiger partial charge in [-0.05, 0) is 38.5 Å². The van der Waals surface area contributed by atoms with E-state index < -0.39 is 0 Å². The van der Waals surface area contributed by atoms with Crippen LogP contribution in [0.3, 0.4) is 0 Å². The van der Waals surface area contributed by atoms with Gasteiger partial charge in [-0.15, -0.1) is 16.8 Å². The molecule has 8 heteroatoms. The maximum Gasteiger partial charge on any atom is 0.192 e. The Morgan fingerprint density at radius 1 is 1.25 bits per heavy atom. The molecule has 0 aliphatic carbocycles. The van der Waals surface area contributed by atoms with Gasteiger partial charge < -0.3 is 14.0 Å². The van der Waals surface area contributed by atoms with Crippen LogP contribution >= 0.6 is 11.8 Å². The number of aryl methyl sites for hydroxylation is 1. The van der Waals surface area contributed by atoms with Gasteiger partial charge in [0.25, 0.3) is 0 Å². The third-order valence-corrected chi connectivity index (χ3v) is 6.47. The Morgan fingerprint density at radius 3 is 2.78 bits per heavy atom. The number of aromatic nitrogens is 4. The van der Waals surface area contributed by atoms with Crippen LogP contribution in [0.5, 0.6) is 11.5 Å². The van der Waals surface area contributed by atoms with Gasteiger partial charge in [-0.3, -0.25) is 9.36 Å². The second-order valence-electron chi connectivity index (χ2n) is 7.75. The Balaban J connectivity index is 1.50. The van der Waals surface area contributed by atoms with Crippen LogP contribution in [0.2, 0.25) is 0 Å². The van der Waals surface area contributed by atoms with Crippen LogP contribution in [-0.2, 0) is 13.1 Å². The summed E-state index contributed by atoms with van der Waals surface area (Å²) in [4.78, 5) is 13.0. The molecule has 0 spiro atoms. The van der Waals surface area contributed by atoms with Crippen molar-refractivity contribution in [1.29, 1.82) is 0 Å². The number of hydrogen-bond donors (Lipinski definition) is 0. The Hall–Kier alpha value is -3.00. The van der Waals surface area contributed by atoms with Gasteiger partial charge in [0, 0.05) is 30.0 Å². The number of ether oxygens (including phenoxy) is 2. The largest absolute Gasteiger partial charge is 0.485 e. The van der Waals surface area contributed by atoms with Crippen LogP contribution in [0.4, 0.5) is 0 Å². The number of fused-ring (bicyclic) bond motifs is 1. The van der Waals surface area contributed by atoms with Crippen LogP contribution < -0.4 is 9.47 Å². The molecule has 1 atom stereocenters. The summed E-state index contributed by atoms with van der Waals surface area (Å²) in [6.45, 7) is 11.8. The Morgan fingerprint density at radius 2 is 2.03 bits per heavy atom. The molecule has 0 N–H and O–H groups in total. The monoisotopic (exact) mass is 452 g/mol. The first-order chi connectivity index (χ1) is 15.5. The minimum atomic E-state index is -0.379. The van der Waals surface area contributed by atoms with E-state index in [0.717, 1.165) is 35.7 Å². The van der Waals surface area contributed by atoms with Crippen LogP contribution in [-0.4, -0.2) is 37.5 Å². The van der Waals surface area contributed by atoms with Crippen LogP contribution in [0.1, 0.15) is 47.0 Å². The lowest BCUT2D eigenvalue weighted by molar-refractivity contribution is 0.0821. The number of thioether (sulfide) groups is 1. The first-order valence-electron chi connectivity index (χ1n) is 10.8. The molecule has 3 aromatic rings. The molecule has 1 aliphatic rings. The number of rotatable bonds is 9. The standard InChI is InChI=1S/C24H28N4O3S/c1-5-11-27-16(3)13-18(17(27)4)19(29)15-32-24-26-25-23(28(24)12-6-2)22-14-30-20-9-7-8-10-21(20)31-22/h6-10,13,22H,2,5,11-12,14-15H2,1,3-4H3/t22-/m0/s1. The highest BCUT2D eigenvalue weighted by molar-refractivity contribution is 7.99. The average Bonchev–Trinajstić information content (AvgIpc) is 3.33. The van der Waals surface area contributed by atoms with E-state index in [1.54, 1.807) is 6.08 Å². The first-order valence-corrected chi connectivity index (χ1v) is 11.8. The number of Topliss-reactive ketones (excluding diaryl/α,β-unsaturated/α-hetero) is 1.